The Kier molecular flexibility index (Phi) is 6.74. The van der Waals surface area contributed by atoms with Crippen LogP contribution in [0.4, 0.5) is 0 Å². The minimum absolute atomic E-state index is 0.165. The zero-order valence-corrected chi connectivity index (χ0v) is 14.5. The van der Waals surface area contributed by atoms with Crippen LogP contribution < -0.4 is 5.32 Å². The van der Waals surface area contributed by atoms with Crippen LogP contribution in [-0.4, -0.2) is 38.2 Å². The van der Waals surface area contributed by atoms with Gasteiger partial charge in [0.25, 0.3) is 0 Å². The maximum absolute atomic E-state index is 11.4. The second kappa shape index (κ2) is 7.84. The average molecular weight is 313 g/mol. The zero-order valence-electron chi connectivity index (χ0n) is 13.6. The summed E-state index contributed by atoms with van der Waals surface area (Å²) in [4.78, 5) is 11.4. The molecule has 0 radical (unpaired) electrons. The molecular weight excluding hydrogens is 286 g/mol. The van der Waals surface area contributed by atoms with Crippen LogP contribution in [0.3, 0.4) is 0 Å². The highest BCUT2D eigenvalue weighted by atomic mass is 32.2. The molecule has 6 heteroatoms. The van der Waals surface area contributed by atoms with Crippen molar-refractivity contribution in [1.29, 1.82) is 0 Å². The highest BCUT2D eigenvalue weighted by Crippen LogP contribution is 2.22. The van der Waals surface area contributed by atoms with E-state index in [1.165, 1.54) is 0 Å². The fourth-order valence-corrected chi connectivity index (χ4v) is 3.40. The molecule has 5 nitrogen and oxygen atoms in total. The predicted octanol–water partition coefficient (Wildman–Crippen LogP) is 2.83. The van der Waals surface area contributed by atoms with E-state index >= 15 is 0 Å². The molecule has 1 aromatic rings. The smallest absolute Gasteiger partial charge is 0.323 e. The topological polar surface area (TPSA) is 67.2 Å². The standard InChI is InChI=1S/C15H27N3O2S/c1-11(2)16-15(4,14(19)20)8-6-7-9-21-13-10-12(3)17-18(13)5/h10-11,16H,6-9H2,1-5H3,(H,19,20). The number of nitrogens with zero attached hydrogens (tertiary/aromatic N) is 2. The van der Waals surface area contributed by atoms with Crippen LogP contribution >= 0.6 is 11.8 Å². The van der Waals surface area contributed by atoms with Crippen molar-refractivity contribution in [1.82, 2.24) is 15.1 Å². The number of nitrogens with one attached hydrogen (secondary N) is 1. The predicted molar refractivity (Wildman–Crippen MR) is 86.8 cm³/mol. The van der Waals surface area contributed by atoms with E-state index in [9.17, 15) is 9.90 Å². The fraction of sp³-hybridized carbons (Fsp3) is 0.733. The first kappa shape index (κ1) is 18.0. The van der Waals surface area contributed by atoms with Gasteiger partial charge in [0.1, 0.15) is 5.54 Å². The van der Waals surface area contributed by atoms with Gasteiger partial charge in [-0.05, 0) is 52.4 Å². The van der Waals surface area contributed by atoms with Gasteiger partial charge in [0.2, 0.25) is 0 Å². The van der Waals surface area contributed by atoms with Crippen LogP contribution in [0.2, 0.25) is 0 Å². The van der Waals surface area contributed by atoms with Gasteiger partial charge in [-0.25, -0.2) is 0 Å². The third kappa shape index (κ3) is 5.71. The van der Waals surface area contributed by atoms with E-state index in [2.05, 4.69) is 16.5 Å². The summed E-state index contributed by atoms with van der Waals surface area (Å²) < 4.78 is 1.89. The van der Waals surface area contributed by atoms with Crippen molar-refractivity contribution in [3.05, 3.63) is 11.8 Å². The molecule has 0 fully saturated rings. The fourth-order valence-electron chi connectivity index (χ4n) is 2.36. The van der Waals surface area contributed by atoms with E-state index in [1.807, 2.05) is 32.5 Å². The Morgan fingerprint density at radius 3 is 2.67 bits per heavy atom. The molecule has 1 unspecified atom stereocenters. The molecule has 21 heavy (non-hydrogen) atoms. The van der Waals surface area contributed by atoms with E-state index in [0.29, 0.717) is 6.42 Å². The minimum Gasteiger partial charge on any atom is -0.480 e. The van der Waals surface area contributed by atoms with Crippen molar-refractivity contribution < 1.29 is 9.90 Å². The molecule has 1 rings (SSSR count). The molecule has 0 spiro atoms. The first-order valence-electron chi connectivity index (χ1n) is 7.39. The van der Waals surface area contributed by atoms with Crippen molar-refractivity contribution in [2.75, 3.05) is 5.75 Å². The van der Waals surface area contributed by atoms with Gasteiger partial charge in [0.15, 0.2) is 0 Å². The zero-order chi connectivity index (χ0) is 16.0. The highest BCUT2D eigenvalue weighted by Gasteiger charge is 2.32. The molecule has 0 aliphatic heterocycles. The lowest BCUT2D eigenvalue weighted by Crippen LogP contribution is -2.52. The molecule has 0 saturated carbocycles. The maximum Gasteiger partial charge on any atom is 0.323 e. The van der Waals surface area contributed by atoms with Crippen molar-refractivity contribution in [3.63, 3.8) is 0 Å². The number of rotatable bonds is 9. The lowest BCUT2D eigenvalue weighted by molar-refractivity contribution is -0.144. The van der Waals surface area contributed by atoms with E-state index in [1.54, 1.807) is 18.7 Å². The van der Waals surface area contributed by atoms with Gasteiger partial charge in [0, 0.05) is 13.1 Å². The Hall–Kier alpha value is -1.01. The van der Waals surface area contributed by atoms with Crippen molar-refractivity contribution in [3.8, 4) is 0 Å². The van der Waals surface area contributed by atoms with Gasteiger partial charge in [-0.2, -0.15) is 5.10 Å². The van der Waals surface area contributed by atoms with Crippen LogP contribution in [-0.2, 0) is 11.8 Å². The number of thioether (sulfide) groups is 1. The van der Waals surface area contributed by atoms with Gasteiger partial charge in [-0.3, -0.25) is 14.8 Å². The summed E-state index contributed by atoms with van der Waals surface area (Å²) in [5.41, 5.74) is 0.196. The number of carboxylic acids is 1. The molecule has 0 aromatic carbocycles. The molecule has 0 saturated heterocycles. The van der Waals surface area contributed by atoms with Crippen LogP contribution in [0, 0.1) is 6.92 Å². The van der Waals surface area contributed by atoms with E-state index in [4.69, 9.17) is 0 Å². The Labute approximate surface area is 131 Å². The number of carboxylic acid groups (broad SMARTS) is 1. The van der Waals surface area contributed by atoms with E-state index < -0.39 is 11.5 Å². The van der Waals surface area contributed by atoms with Gasteiger partial charge >= 0.3 is 5.97 Å². The molecular formula is C15H27N3O2S. The molecule has 1 heterocycles. The lowest BCUT2D eigenvalue weighted by Gasteiger charge is -2.28. The Morgan fingerprint density at radius 1 is 1.52 bits per heavy atom. The van der Waals surface area contributed by atoms with Gasteiger partial charge in [-0.1, -0.05) is 6.42 Å². The van der Waals surface area contributed by atoms with Gasteiger partial charge < -0.3 is 5.11 Å². The quantitative estimate of drug-likeness (QED) is 0.542. The van der Waals surface area contributed by atoms with Gasteiger partial charge in [-0.15, -0.1) is 11.8 Å². The Balaban J connectivity index is 2.35. The number of aryl methyl sites for hydroxylation is 2. The van der Waals surface area contributed by atoms with Crippen molar-refractivity contribution in [2.24, 2.45) is 7.05 Å². The summed E-state index contributed by atoms with van der Waals surface area (Å²) in [7, 11) is 1.95. The largest absolute Gasteiger partial charge is 0.480 e. The molecule has 0 aliphatic carbocycles. The van der Waals surface area contributed by atoms with Crippen molar-refractivity contribution in [2.45, 2.75) is 63.6 Å². The van der Waals surface area contributed by atoms with Crippen molar-refractivity contribution >= 4 is 17.7 Å². The molecule has 1 atom stereocenters. The molecule has 120 valence electrons. The number of carbonyl (C=O) groups is 1. The maximum atomic E-state index is 11.4. The van der Waals surface area contributed by atoms with E-state index in [0.717, 1.165) is 29.3 Å². The Morgan fingerprint density at radius 2 is 2.19 bits per heavy atom. The monoisotopic (exact) mass is 313 g/mol. The molecule has 0 amide bonds. The van der Waals surface area contributed by atoms with Crippen LogP contribution in [0.5, 0.6) is 0 Å². The third-order valence-electron chi connectivity index (χ3n) is 3.36. The molecule has 2 N–H and O–H groups in total. The highest BCUT2D eigenvalue weighted by molar-refractivity contribution is 7.99. The first-order chi connectivity index (χ1) is 9.74. The van der Waals surface area contributed by atoms with Gasteiger partial charge in [0.05, 0.1) is 10.7 Å². The molecule has 0 bridgehead atoms. The SMILES string of the molecule is Cc1cc(SCCCCC(C)(NC(C)C)C(=O)O)n(C)n1. The summed E-state index contributed by atoms with van der Waals surface area (Å²) in [5.74, 6) is 0.210. The van der Waals surface area contributed by atoms with Crippen LogP contribution in [0.25, 0.3) is 0 Å². The summed E-state index contributed by atoms with van der Waals surface area (Å²) in [6.07, 6.45) is 2.54. The number of hydrogen-bond donors (Lipinski definition) is 2. The van der Waals surface area contributed by atoms with Crippen LogP contribution in [0.15, 0.2) is 11.1 Å². The summed E-state index contributed by atoms with van der Waals surface area (Å²) in [5, 5.41) is 18.0. The number of hydrogen-bond acceptors (Lipinski definition) is 4. The van der Waals surface area contributed by atoms with E-state index in [-0.39, 0.29) is 6.04 Å². The second-order valence-electron chi connectivity index (χ2n) is 5.99. The summed E-state index contributed by atoms with van der Waals surface area (Å²) in [6.45, 7) is 7.70. The number of unbranched alkanes of at least 4 members (excludes halogenated alkanes) is 1. The third-order valence-corrected chi connectivity index (χ3v) is 4.53. The first-order valence-corrected chi connectivity index (χ1v) is 8.37. The number of aromatic nitrogens is 2. The summed E-state index contributed by atoms with van der Waals surface area (Å²) >= 11 is 1.77. The Bertz CT molecular complexity index is 473. The normalized spacial score (nSPS) is 14.4. The lowest BCUT2D eigenvalue weighted by atomic mass is 9.94. The number of aliphatic carboxylic acids is 1. The minimum atomic E-state index is -0.831. The average Bonchev–Trinajstić information content (AvgIpc) is 2.66. The second-order valence-corrected chi connectivity index (χ2v) is 7.10. The summed E-state index contributed by atoms with van der Waals surface area (Å²) in [6, 6.07) is 2.24. The van der Waals surface area contributed by atoms with Crippen LogP contribution in [0.1, 0.15) is 45.7 Å². The molecule has 0 aliphatic rings. The molecule has 1 aromatic heterocycles.